The van der Waals surface area contributed by atoms with Gasteiger partial charge in [-0.2, -0.15) is 0 Å². The predicted octanol–water partition coefficient (Wildman–Crippen LogP) is 2.90. The Morgan fingerprint density at radius 3 is 2.61 bits per heavy atom. The van der Waals surface area contributed by atoms with Gasteiger partial charge in [0, 0.05) is 0 Å². The molecule has 0 saturated carbocycles. The lowest BCUT2D eigenvalue weighted by Crippen LogP contribution is -2.17. The number of nitrogens with two attached hydrogens (primary N) is 1. The van der Waals surface area contributed by atoms with Crippen molar-refractivity contribution in [3.63, 3.8) is 0 Å². The zero-order valence-corrected chi connectivity index (χ0v) is 11.5. The molecule has 0 fully saturated rings. The van der Waals surface area contributed by atoms with Crippen molar-refractivity contribution >= 4 is 5.84 Å². The summed E-state index contributed by atoms with van der Waals surface area (Å²) in [4.78, 5) is 0. The van der Waals surface area contributed by atoms with Crippen LogP contribution in [0.5, 0.6) is 5.75 Å². The highest BCUT2D eigenvalue weighted by atomic mass is 16.5. The number of amidine groups is 1. The minimum absolute atomic E-state index is 0.0736. The Bertz CT molecular complexity index is 434. The van der Waals surface area contributed by atoms with E-state index in [2.05, 4.69) is 25.9 Å². The molecule has 0 saturated heterocycles. The van der Waals surface area contributed by atoms with Crippen LogP contribution in [0.1, 0.15) is 38.3 Å². The van der Waals surface area contributed by atoms with Crippen molar-refractivity contribution in [3.8, 4) is 5.75 Å². The third kappa shape index (κ3) is 3.95. The topological polar surface area (TPSA) is 67.8 Å². The first-order valence-corrected chi connectivity index (χ1v) is 6.05. The monoisotopic (exact) mass is 250 g/mol. The normalized spacial score (nSPS) is 12.6. The molecule has 0 bridgehead atoms. The van der Waals surface area contributed by atoms with E-state index in [0.29, 0.717) is 17.9 Å². The van der Waals surface area contributed by atoms with Gasteiger partial charge in [0.2, 0.25) is 0 Å². The first kappa shape index (κ1) is 14.4. The molecule has 18 heavy (non-hydrogen) atoms. The molecular weight excluding hydrogens is 228 g/mol. The van der Waals surface area contributed by atoms with E-state index < -0.39 is 0 Å². The molecule has 4 nitrogen and oxygen atoms in total. The molecule has 0 aliphatic heterocycles. The molecule has 0 aromatic heterocycles. The van der Waals surface area contributed by atoms with Gasteiger partial charge in [-0.15, -0.1) is 0 Å². The van der Waals surface area contributed by atoms with Crippen LogP contribution in [0.15, 0.2) is 23.4 Å². The summed E-state index contributed by atoms with van der Waals surface area (Å²) in [6.45, 7) is 9.05. The van der Waals surface area contributed by atoms with Crippen LogP contribution in [0.2, 0.25) is 0 Å². The van der Waals surface area contributed by atoms with Gasteiger partial charge >= 0.3 is 0 Å². The average molecular weight is 250 g/mol. The number of rotatable bonds is 4. The highest BCUT2D eigenvalue weighted by molar-refractivity contribution is 5.99. The highest BCUT2D eigenvalue weighted by Crippen LogP contribution is 2.25. The molecule has 1 aromatic rings. The van der Waals surface area contributed by atoms with E-state index in [9.17, 15) is 0 Å². The summed E-state index contributed by atoms with van der Waals surface area (Å²) in [5.74, 6) is 0.765. The highest BCUT2D eigenvalue weighted by Gasteiger charge is 2.14. The van der Waals surface area contributed by atoms with Crippen molar-refractivity contribution in [2.24, 2.45) is 16.3 Å². The Labute approximate surface area is 108 Å². The number of hydrogen-bond donors (Lipinski definition) is 2. The minimum atomic E-state index is 0.0736. The molecule has 0 unspecified atom stereocenters. The number of benzene rings is 1. The summed E-state index contributed by atoms with van der Waals surface area (Å²) >= 11 is 0. The van der Waals surface area contributed by atoms with E-state index in [4.69, 9.17) is 15.7 Å². The Balaban J connectivity index is 2.87. The third-order valence-corrected chi connectivity index (χ3v) is 2.69. The lowest BCUT2D eigenvalue weighted by molar-refractivity contribution is 0.241. The van der Waals surface area contributed by atoms with Gasteiger partial charge in [-0.25, -0.2) is 0 Å². The summed E-state index contributed by atoms with van der Waals surface area (Å²) in [6, 6.07) is 5.59. The van der Waals surface area contributed by atoms with Crippen molar-refractivity contribution in [1.82, 2.24) is 0 Å². The molecule has 0 radical (unpaired) electrons. The van der Waals surface area contributed by atoms with E-state index in [1.807, 2.05) is 19.1 Å². The van der Waals surface area contributed by atoms with Crippen LogP contribution >= 0.6 is 0 Å². The zero-order valence-electron chi connectivity index (χ0n) is 11.5. The SMILES string of the molecule is Cc1cccc(/C(N)=N/O)c1OCCC(C)(C)C. The Kier molecular flexibility index (Phi) is 4.59. The summed E-state index contributed by atoms with van der Waals surface area (Å²) in [6.07, 6.45) is 0.941. The fourth-order valence-corrected chi connectivity index (χ4v) is 1.56. The molecule has 0 amide bonds. The quantitative estimate of drug-likeness (QED) is 0.373. The lowest BCUT2D eigenvalue weighted by Gasteiger charge is -2.19. The molecule has 1 rings (SSSR count). The molecule has 100 valence electrons. The Hall–Kier alpha value is -1.71. The Morgan fingerprint density at radius 2 is 2.06 bits per heavy atom. The number of oxime groups is 1. The maximum Gasteiger partial charge on any atom is 0.173 e. The van der Waals surface area contributed by atoms with Gasteiger partial charge in [0.1, 0.15) is 5.75 Å². The maximum absolute atomic E-state index is 8.77. The van der Waals surface area contributed by atoms with Crippen molar-refractivity contribution < 1.29 is 9.94 Å². The maximum atomic E-state index is 8.77. The second-order valence-corrected chi connectivity index (χ2v) is 5.60. The summed E-state index contributed by atoms with van der Waals surface area (Å²) in [5, 5.41) is 11.8. The molecule has 1 aromatic carbocycles. The molecule has 0 aliphatic carbocycles. The first-order valence-electron chi connectivity index (χ1n) is 6.05. The smallest absolute Gasteiger partial charge is 0.173 e. The van der Waals surface area contributed by atoms with Crippen LogP contribution in [0.4, 0.5) is 0 Å². The molecule has 3 N–H and O–H groups in total. The second kappa shape index (κ2) is 5.76. The van der Waals surface area contributed by atoms with Gasteiger partial charge in [0.25, 0.3) is 0 Å². The summed E-state index contributed by atoms with van der Waals surface area (Å²) in [5.41, 5.74) is 7.47. The van der Waals surface area contributed by atoms with E-state index in [1.165, 1.54) is 0 Å². The van der Waals surface area contributed by atoms with Crippen molar-refractivity contribution in [1.29, 1.82) is 0 Å². The molecule has 0 atom stereocenters. The van der Waals surface area contributed by atoms with Gasteiger partial charge in [0.15, 0.2) is 5.84 Å². The van der Waals surface area contributed by atoms with Gasteiger partial charge < -0.3 is 15.7 Å². The zero-order chi connectivity index (χ0) is 13.8. The van der Waals surface area contributed by atoms with Crippen LogP contribution in [0.3, 0.4) is 0 Å². The standard InChI is InChI=1S/C14H22N2O2/c1-10-6-5-7-11(13(15)16-17)12(10)18-9-8-14(2,3)4/h5-7,17H,8-9H2,1-4H3,(H2,15,16). The average Bonchev–Trinajstić information content (AvgIpc) is 2.28. The van der Waals surface area contributed by atoms with Crippen LogP contribution < -0.4 is 10.5 Å². The minimum Gasteiger partial charge on any atom is -0.493 e. The van der Waals surface area contributed by atoms with E-state index in [0.717, 1.165) is 12.0 Å². The third-order valence-electron chi connectivity index (χ3n) is 2.69. The summed E-state index contributed by atoms with van der Waals surface area (Å²) in [7, 11) is 0. The molecule has 0 heterocycles. The van der Waals surface area contributed by atoms with Gasteiger partial charge in [-0.05, 0) is 30.4 Å². The fraction of sp³-hybridized carbons (Fsp3) is 0.500. The van der Waals surface area contributed by atoms with Crippen LogP contribution in [0, 0.1) is 12.3 Å². The predicted molar refractivity (Wildman–Crippen MR) is 73.3 cm³/mol. The number of hydrogen-bond acceptors (Lipinski definition) is 3. The van der Waals surface area contributed by atoms with Gasteiger partial charge in [-0.1, -0.05) is 38.1 Å². The molecule has 4 heteroatoms. The Morgan fingerprint density at radius 1 is 1.39 bits per heavy atom. The number of nitrogens with zero attached hydrogens (tertiary/aromatic N) is 1. The van der Waals surface area contributed by atoms with Crippen molar-refractivity contribution in [2.45, 2.75) is 34.1 Å². The number of aryl methyl sites for hydroxylation is 1. The largest absolute Gasteiger partial charge is 0.493 e. The first-order chi connectivity index (χ1) is 8.35. The van der Waals surface area contributed by atoms with Gasteiger partial charge in [0.05, 0.1) is 12.2 Å². The van der Waals surface area contributed by atoms with E-state index in [-0.39, 0.29) is 11.3 Å². The molecular formula is C14H22N2O2. The van der Waals surface area contributed by atoms with Crippen LogP contribution in [0.25, 0.3) is 0 Å². The van der Waals surface area contributed by atoms with Crippen molar-refractivity contribution in [3.05, 3.63) is 29.3 Å². The second-order valence-electron chi connectivity index (χ2n) is 5.60. The molecule has 0 spiro atoms. The van der Waals surface area contributed by atoms with E-state index in [1.54, 1.807) is 6.07 Å². The summed E-state index contributed by atoms with van der Waals surface area (Å²) < 4.78 is 5.79. The van der Waals surface area contributed by atoms with Crippen LogP contribution in [-0.2, 0) is 0 Å². The molecule has 0 aliphatic rings. The van der Waals surface area contributed by atoms with Gasteiger partial charge in [-0.3, -0.25) is 0 Å². The fourth-order valence-electron chi connectivity index (χ4n) is 1.56. The number of ether oxygens (including phenoxy) is 1. The number of para-hydroxylation sites is 1. The van der Waals surface area contributed by atoms with Crippen LogP contribution in [-0.4, -0.2) is 17.6 Å². The van der Waals surface area contributed by atoms with E-state index >= 15 is 0 Å². The lowest BCUT2D eigenvalue weighted by atomic mass is 9.93. The van der Waals surface area contributed by atoms with Crippen molar-refractivity contribution in [2.75, 3.05) is 6.61 Å².